The molecule has 6 nitrogen and oxygen atoms in total. The van der Waals surface area contributed by atoms with Gasteiger partial charge in [0.2, 0.25) is 0 Å². The predicted octanol–water partition coefficient (Wildman–Crippen LogP) is 24.7. The van der Waals surface area contributed by atoms with Crippen LogP contribution in [0.15, 0.2) is 60.8 Å². The van der Waals surface area contributed by atoms with Gasteiger partial charge in [0.25, 0.3) is 0 Å². The molecule has 1 atom stereocenters. The van der Waals surface area contributed by atoms with Gasteiger partial charge in [-0.15, -0.1) is 0 Å². The number of carbonyl (C=O) groups is 3. The zero-order valence-corrected chi connectivity index (χ0v) is 54.3. The van der Waals surface area contributed by atoms with E-state index in [0.29, 0.717) is 19.3 Å². The molecule has 0 rings (SSSR count). The van der Waals surface area contributed by atoms with Gasteiger partial charge in [0, 0.05) is 19.3 Å². The van der Waals surface area contributed by atoms with Crippen molar-refractivity contribution >= 4 is 17.9 Å². The Morgan fingerprint density at radius 3 is 0.704 bits per heavy atom. The van der Waals surface area contributed by atoms with Crippen molar-refractivity contribution in [2.75, 3.05) is 13.2 Å². The molecule has 0 spiro atoms. The van der Waals surface area contributed by atoms with Gasteiger partial charge in [-0.2, -0.15) is 0 Å². The molecule has 0 saturated heterocycles. The minimum absolute atomic E-state index is 0.0751. The molecule has 0 N–H and O–H groups in total. The molecule has 0 heterocycles. The molecule has 0 aromatic carbocycles. The first-order valence-electron chi connectivity index (χ1n) is 35.8. The number of unbranched alkanes of at least 4 members (excludes halogenated alkanes) is 45. The first kappa shape index (κ1) is 78.1. The molecule has 0 bridgehead atoms. The Kier molecular flexibility index (Phi) is 67.1. The third-order valence-corrected chi connectivity index (χ3v) is 16.0. The van der Waals surface area contributed by atoms with Crippen molar-refractivity contribution in [3.05, 3.63) is 60.8 Å². The molecule has 0 aromatic rings. The Morgan fingerprint density at radius 1 is 0.247 bits per heavy atom. The number of esters is 3. The second kappa shape index (κ2) is 69.6. The fourth-order valence-corrected chi connectivity index (χ4v) is 10.6. The normalized spacial score (nSPS) is 12.4. The summed E-state index contributed by atoms with van der Waals surface area (Å²) in [6, 6.07) is 0. The van der Waals surface area contributed by atoms with Gasteiger partial charge in [-0.25, -0.2) is 0 Å². The standard InChI is InChI=1S/C75H136O6/c1-4-7-10-13-16-19-22-25-28-30-32-33-34-35-36-37-38-39-40-41-42-43-44-46-47-50-53-56-59-62-65-68-74(77)80-71-72(70-79-73(76)67-64-61-58-55-52-49-27-24-21-18-15-12-9-6-3)81-75(78)69-66-63-60-57-54-51-48-45-31-29-26-23-20-17-14-11-8-5-2/h22,24-25,27,29-32,34-35,72H,4-21,23,26,28,33,36-71H2,1-3H3/b25-22-,27-24-,31-29-,32-30-,35-34-. The van der Waals surface area contributed by atoms with E-state index in [2.05, 4.69) is 81.5 Å². The summed E-state index contributed by atoms with van der Waals surface area (Å²) >= 11 is 0. The van der Waals surface area contributed by atoms with Crippen LogP contribution in [0.25, 0.3) is 0 Å². The highest BCUT2D eigenvalue weighted by Crippen LogP contribution is 2.18. The third kappa shape index (κ3) is 67.8. The van der Waals surface area contributed by atoms with Gasteiger partial charge >= 0.3 is 17.9 Å². The molecule has 81 heavy (non-hydrogen) atoms. The van der Waals surface area contributed by atoms with Crippen molar-refractivity contribution in [2.24, 2.45) is 0 Å². The number of rotatable bonds is 66. The summed E-state index contributed by atoms with van der Waals surface area (Å²) in [7, 11) is 0. The number of carbonyl (C=O) groups excluding carboxylic acids is 3. The van der Waals surface area contributed by atoms with E-state index in [1.807, 2.05) is 0 Å². The maximum Gasteiger partial charge on any atom is 0.306 e. The molecule has 0 aliphatic carbocycles. The van der Waals surface area contributed by atoms with Crippen molar-refractivity contribution in [3.63, 3.8) is 0 Å². The van der Waals surface area contributed by atoms with Crippen LogP contribution >= 0.6 is 0 Å². The van der Waals surface area contributed by atoms with E-state index >= 15 is 0 Å². The zero-order chi connectivity index (χ0) is 58.5. The van der Waals surface area contributed by atoms with E-state index < -0.39 is 6.10 Å². The monoisotopic (exact) mass is 1130 g/mol. The lowest BCUT2D eigenvalue weighted by atomic mass is 10.0. The third-order valence-electron chi connectivity index (χ3n) is 16.0. The summed E-state index contributed by atoms with van der Waals surface area (Å²) in [5, 5.41) is 0. The van der Waals surface area contributed by atoms with Crippen LogP contribution < -0.4 is 0 Å². The molecule has 0 fully saturated rings. The Hall–Kier alpha value is -2.89. The first-order valence-corrected chi connectivity index (χ1v) is 35.8. The minimum atomic E-state index is -0.780. The van der Waals surface area contributed by atoms with Crippen LogP contribution in [0.3, 0.4) is 0 Å². The van der Waals surface area contributed by atoms with Crippen LogP contribution in [-0.4, -0.2) is 37.2 Å². The molecule has 472 valence electrons. The second-order valence-electron chi connectivity index (χ2n) is 24.1. The van der Waals surface area contributed by atoms with E-state index in [9.17, 15) is 14.4 Å². The van der Waals surface area contributed by atoms with Gasteiger partial charge in [0.1, 0.15) is 13.2 Å². The van der Waals surface area contributed by atoms with Crippen LogP contribution in [0.2, 0.25) is 0 Å². The van der Waals surface area contributed by atoms with E-state index in [4.69, 9.17) is 14.2 Å². The van der Waals surface area contributed by atoms with E-state index in [1.54, 1.807) is 0 Å². The minimum Gasteiger partial charge on any atom is -0.462 e. The smallest absolute Gasteiger partial charge is 0.306 e. The van der Waals surface area contributed by atoms with E-state index in [1.165, 1.54) is 263 Å². The summed E-state index contributed by atoms with van der Waals surface area (Å²) < 4.78 is 17.0. The lowest BCUT2D eigenvalue weighted by molar-refractivity contribution is -0.167. The average molecular weight is 1130 g/mol. The van der Waals surface area contributed by atoms with Gasteiger partial charge in [-0.1, -0.05) is 313 Å². The topological polar surface area (TPSA) is 78.9 Å². The fourth-order valence-electron chi connectivity index (χ4n) is 10.6. The summed E-state index contributed by atoms with van der Waals surface area (Å²) in [4.78, 5) is 38.4. The maximum absolute atomic E-state index is 12.9. The Labute approximate surface area is 504 Å². The molecular formula is C75H136O6. The lowest BCUT2D eigenvalue weighted by Gasteiger charge is -2.18. The van der Waals surface area contributed by atoms with Gasteiger partial charge in [-0.3, -0.25) is 14.4 Å². The van der Waals surface area contributed by atoms with Crippen LogP contribution in [0.4, 0.5) is 0 Å². The number of ether oxygens (including phenoxy) is 3. The molecule has 0 aliphatic rings. The Balaban J connectivity index is 4.21. The van der Waals surface area contributed by atoms with Crippen molar-refractivity contribution < 1.29 is 28.6 Å². The van der Waals surface area contributed by atoms with E-state index in [0.717, 1.165) is 77.0 Å². The number of allylic oxidation sites excluding steroid dienone is 10. The highest BCUT2D eigenvalue weighted by atomic mass is 16.6. The molecule has 0 amide bonds. The van der Waals surface area contributed by atoms with Gasteiger partial charge < -0.3 is 14.2 Å². The van der Waals surface area contributed by atoms with Crippen LogP contribution in [0, 0.1) is 0 Å². The second-order valence-corrected chi connectivity index (χ2v) is 24.1. The van der Waals surface area contributed by atoms with Gasteiger partial charge in [-0.05, 0) is 109 Å². The molecule has 1 unspecified atom stereocenters. The summed E-state index contributed by atoms with van der Waals surface area (Å²) in [5.41, 5.74) is 0. The fraction of sp³-hybridized carbons (Fsp3) is 0.827. The van der Waals surface area contributed by atoms with Crippen molar-refractivity contribution in [1.29, 1.82) is 0 Å². The molecule has 0 aliphatic heterocycles. The molecule has 0 aromatic heterocycles. The summed E-state index contributed by atoms with van der Waals surface area (Å²) in [6.45, 7) is 6.66. The number of hydrogen-bond donors (Lipinski definition) is 0. The quantitative estimate of drug-likeness (QED) is 0.0261. The van der Waals surface area contributed by atoms with Crippen molar-refractivity contribution in [1.82, 2.24) is 0 Å². The zero-order valence-electron chi connectivity index (χ0n) is 54.3. The average Bonchev–Trinajstić information content (AvgIpc) is 3.47. The van der Waals surface area contributed by atoms with Crippen LogP contribution in [-0.2, 0) is 28.6 Å². The van der Waals surface area contributed by atoms with Gasteiger partial charge in [0.05, 0.1) is 0 Å². The van der Waals surface area contributed by atoms with Gasteiger partial charge in [0.15, 0.2) is 6.10 Å². The van der Waals surface area contributed by atoms with Crippen LogP contribution in [0.1, 0.15) is 380 Å². The highest BCUT2D eigenvalue weighted by Gasteiger charge is 2.19. The van der Waals surface area contributed by atoms with Crippen molar-refractivity contribution in [3.8, 4) is 0 Å². The maximum atomic E-state index is 12.9. The highest BCUT2D eigenvalue weighted by molar-refractivity contribution is 5.71. The first-order chi connectivity index (χ1) is 40.0. The largest absolute Gasteiger partial charge is 0.462 e. The molecular weight excluding hydrogens is 997 g/mol. The molecule has 6 heteroatoms. The van der Waals surface area contributed by atoms with Crippen LogP contribution in [0.5, 0.6) is 0 Å². The summed E-state index contributed by atoms with van der Waals surface area (Å²) in [6.07, 6.45) is 89.7. The molecule has 0 radical (unpaired) electrons. The SMILES string of the molecule is CCCCCCC/C=C\C/C=C\C/C=C\CCCCCCCCCCCCCCCCCCC(=O)OCC(COC(=O)CCCCCCC/C=C\CCCCCCC)OC(=O)CCCCCCCCC/C=C\CCCCCCCCC. The number of hydrogen-bond acceptors (Lipinski definition) is 6. The molecule has 0 saturated carbocycles. The Bertz CT molecular complexity index is 1440. The summed E-state index contributed by atoms with van der Waals surface area (Å²) in [5.74, 6) is -0.866. The predicted molar refractivity (Wildman–Crippen MR) is 353 cm³/mol. The van der Waals surface area contributed by atoms with E-state index in [-0.39, 0.29) is 31.1 Å². The Morgan fingerprint density at radius 2 is 0.444 bits per heavy atom. The van der Waals surface area contributed by atoms with Crippen molar-refractivity contribution in [2.45, 2.75) is 386 Å². The lowest BCUT2D eigenvalue weighted by Crippen LogP contribution is -2.30.